The van der Waals surface area contributed by atoms with Crippen molar-refractivity contribution >= 4 is 5.91 Å². The molecule has 0 aliphatic carbocycles. The first kappa shape index (κ1) is 16.3. The van der Waals surface area contributed by atoms with E-state index in [1.54, 1.807) is 25.3 Å². The molecule has 0 spiro atoms. The van der Waals surface area contributed by atoms with Gasteiger partial charge < -0.3 is 14.8 Å². The van der Waals surface area contributed by atoms with E-state index in [0.717, 1.165) is 0 Å². The minimum absolute atomic E-state index is 0.0598. The molecule has 1 atom stereocenters. The van der Waals surface area contributed by atoms with E-state index in [2.05, 4.69) is 19.2 Å². The van der Waals surface area contributed by atoms with Gasteiger partial charge in [-0.2, -0.15) is 0 Å². The average Bonchev–Trinajstić information content (AvgIpc) is 2.38. The van der Waals surface area contributed by atoms with Gasteiger partial charge in [0.15, 0.2) is 11.5 Å². The van der Waals surface area contributed by atoms with Crippen molar-refractivity contribution in [1.82, 2.24) is 5.32 Å². The van der Waals surface area contributed by atoms with Crippen LogP contribution in [0.3, 0.4) is 0 Å². The summed E-state index contributed by atoms with van der Waals surface area (Å²) < 4.78 is 10.9. The van der Waals surface area contributed by atoms with Crippen LogP contribution in [0.25, 0.3) is 0 Å². The summed E-state index contributed by atoms with van der Waals surface area (Å²) in [7, 11) is 1.57. The lowest BCUT2D eigenvalue weighted by molar-refractivity contribution is 0.0930. The number of amides is 1. The molecule has 1 rings (SSSR count). The van der Waals surface area contributed by atoms with E-state index >= 15 is 0 Å². The maximum Gasteiger partial charge on any atom is 0.251 e. The molecular weight excluding hydrogens is 254 g/mol. The van der Waals surface area contributed by atoms with Crippen LogP contribution in [-0.4, -0.2) is 25.2 Å². The number of rotatable bonds is 6. The Morgan fingerprint density at radius 3 is 2.25 bits per heavy atom. The normalized spacial score (nSPS) is 12.4. The second-order valence-corrected chi connectivity index (χ2v) is 5.54. The molecule has 1 aromatic rings. The zero-order chi connectivity index (χ0) is 15.3. The highest BCUT2D eigenvalue weighted by atomic mass is 16.5. The third kappa shape index (κ3) is 4.44. The second-order valence-electron chi connectivity index (χ2n) is 5.54. The van der Waals surface area contributed by atoms with Gasteiger partial charge in [0, 0.05) is 11.6 Å². The largest absolute Gasteiger partial charge is 0.493 e. The zero-order valence-corrected chi connectivity index (χ0v) is 13.2. The van der Waals surface area contributed by atoms with E-state index in [1.165, 1.54) is 0 Å². The van der Waals surface area contributed by atoms with Crippen LogP contribution in [0, 0.1) is 5.92 Å². The Bertz CT molecular complexity index is 455. The highest BCUT2D eigenvalue weighted by Crippen LogP contribution is 2.29. The highest BCUT2D eigenvalue weighted by molar-refractivity contribution is 5.95. The molecule has 4 nitrogen and oxygen atoms in total. The van der Waals surface area contributed by atoms with Gasteiger partial charge in [0.25, 0.3) is 5.91 Å². The summed E-state index contributed by atoms with van der Waals surface area (Å²) in [5.41, 5.74) is 0.574. The lowest BCUT2D eigenvalue weighted by Crippen LogP contribution is -2.36. The quantitative estimate of drug-likeness (QED) is 0.869. The van der Waals surface area contributed by atoms with Crippen LogP contribution in [-0.2, 0) is 0 Å². The molecular formula is C16H25NO3. The predicted molar refractivity (Wildman–Crippen MR) is 80.5 cm³/mol. The molecule has 112 valence electrons. The summed E-state index contributed by atoms with van der Waals surface area (Å²) in [4.78, 5) is 12.2. The van der Waals surface area contributed by atoms with Crippen molar-refractivity contribution < 1.29 is 14.3 Å². The van der Waals surface area contributed by atoms with Crippen LogP contribution >= 0.6 is 0 Å². The van der Waals surface area contributed by atoms with Crippen LogP contribution in [0.2, 0.25) is 0 Å². The van der Waals surface area contributed by atoms with E-state index in [4.69, 9.17) is 9.47 Å². The number of hydrogen-bond donors (Lipinski definition) is 1. The fraction of sp³-hybridized carbons (Fsp3) is 0.562. The first-order valence-electron chi connectivity index (χ1n) is 7.00. The van der Waals surface area contributed by atoms with Gasteiger partial charge in [0.1, 0.15) is 0 Å². The van der Waals surface area contributed by atoms with Gasteiger partial charge in [-0.1, -0.05) is 13.8 Å². The van der Waals surface area contributed by atoms with E-state index < -0.39 is 0 Å². The fourth-order valence-corrected chi connectivity index (χ4v) is 1.62. The highest BCUT2D eigenvalue weighted by Gasteiger charge is 2.15. The number of hydrogen-bond acceptors (Lipinski definition) is 3. The van der Waals surface area contributed by atoms with E-state index in [-0.39, 0.29) is 18.1 Å². The molecule has 1 amide bonds. The van der Waals surface area contributed by atoms with Gasteiger partial charge in [-0.15, -0.1) is 0 Å². The first-order valence-corrected chi connectivity index (χ1v) is 7.00. The number of methoxy groups -OCH3 is 1. The van der Waals surface area contributed by atoms with Crippen molar-refractivity contribution in [3.8, 4) is 11.5 Å². The molecule has 0 heterocycles. The number of carbonyl (C=O) groups is 1. The predicted octanol–water partition coefficient (Wildman–Crippen LogP) is 3.26. The topological polar surface area (TPSA) is 47.6 Å². The summed E-state index contributed by atoms with van der Waals surface area (Å²) in [5, 5.41) is 2.97. The van der Waals surface area contributed by atoms with Crippen molar-refractivity contribution in [2.24, 2.45) is 5.92 Å². The molecule has 0 aliphatic heterocycles. The van der Waals surface area contributed by atoms with E-state index in [9.17, 15) is 4.79 Å². The van der Waals surface area contributed by atoms with Gasteiger partial charge in [-0.3, -0.25) is 4.79 Å². The molecule has 0 saturated heterocycles. The van der Waals surface area contributed by atoms with Gasteiger partial charge in [-0.05, 0) is 44.9 Å². The fourth-order valence-electron chi connectivity index (χ4n) is 1.62. The number of benzene rings is 1. The third-order valence-electron chi connectivity index (χ3n) is 3.15. The second kappa shape index (κ2) is 7.17. The minimum Gasteiger partial charge on any atom is -0.493 e. The van der Waals surface area contributed by atoms with Gasteiger partial charge in [0.2, 0.25) is 0 Å². The molecule has 1 aromatic carbocycles. The van der Waals surface area contributed by atoms with Gasteiger partial charge in [0.05, 0.1) is 13.2 Å². The molecule has 0 radical (unpaired) electrons. The Kier molecular flexibility index (Phi) is 5.86. The summed E-state index contributed by atoms with van der Waals surface area (Å²) >= 11 is 0. The standard InChI is InChI=1S/C16H25NO3/c1-10(2)12(5)17-16(18)13-7-8-14(20-11(3)4)15(9-13)19-6/h7-12H,1-6H3,(H,17,18). The molecule has 0 bridgehead atoms. The Morgan fingerprint density at radius 1 is 1.10 bits per heavy atom. The van der Waals surface area contributed by atoms with Crippen LogP contribution in [0.4, 0.5) is 0 Å². The summed E-state index contributed by atoms with van der Waals surface area (Å²) in [5.74, 6) is 1.52. The van der Waals surface area contributed by atoms with Crippen LogP contribution in [0.1, 0.15) is 45.0 Å². The van der Waals surface area contributed by atoms with Crippen LogP contribution in [0.5, 0.6) is 11.5 Å². The molecule has 0 aromatic heterocycles. The summed E-state index contributed by atoms with van der Waals surface area (Å²) in [6.45, 7) is 10.0. The molecule has 20 heavy (non-hydrogen) atoms. The maximum absolute atomic E-state index is 12.2. The Balaban J connectivity index is 2.89. The third-order valence-corrected chi connectivity index (χ3v) is 3.15. The van der Waals surface area contributed by atoms with Crippen molar-refractivity contribution in [1.29, 1.82) is 0 Å². The monoisotopic (exact) mass is 279 g/mol. The van der Waals surface area contributed by atoms with E-state index in [1.807, 2.05) is 20.8 Å². The molecule has 0 fully saturated rings. The first-order chi connectivity index (χ1) is 9.35. The molecule has 1 unspecified atom stereocenters. The Hall–Kier alpha value is -1.71. The SMILES string of the molecule is COc1cc(C(=O)NC(C)C(C)C)ccc1OC(C)C. The number of ether oxygens (including phenoxy) is 2. The smallest absolute Gasteiger partial charge is 0.251 e. The van der Waals surface area contributed by atoms with Gasteiger partial charge in [-0.25, -0.2) is 0 Å². The van der Waals surface area contributed by atoms with Crippen molar-refractivity contribution in [3.63, 3.8) is 0 Å². The van der Waals surface area contributed by atoms with Crippen molar-refractivity contribution in [3.05, 3.63) is 23.8 Å². The summed E-state index contributed by atoms with van der Waals surface area (Å²) in [6.07, 6.45) is 0.0598. The maximum atomic E-state index is 12.2. The van der Waals surface area contributed by atoms with Crippen molar-refractivity contribution in [2.75, 3.05) is 7.11 Å². The Labute approximate surface area is 121 Å². The lowest BCUT2D eigenvalue weighted by Gasteiger charge is -2.18. The molecule has 1 N–H and O–H groups in total. The molecule has 0 saturated carbocycles. The zero-order valence-electron chi connectivity index (χ0n) is 13.2. The van der Waals surface area contributed by atoms with Crippen molar-refractivity contribution in [2.45, 2.75) is 46.8 Å². The van der Waals surface area contributed by atoms with E-state index in [0.29, 0.717) is 23.0 Å². The lowest BCUT2D eigenvalue weighted by atomic mass is 10.1. The van der Waals surface area contributed by atoms with Crippen LogP contribution in [0.15, 0.2) is 18.2 Å². The van der Waals surface area contributed by atoms with Crippen LogP contribution < -0.4 is 14.8 Å². The average molecular weight is 279 g/mol. The molecule has 0 aliphatic rings. The number of nitrogens with one attached hydrogen (secondary N) is 1. The number of carbonyl (C=O) groups excluding carboxylic acids is 1. The summed E-state index contributed by atoms with van der Waals surface area (Å²) in [6, 6.07) is 5.36. The molecule has 4 heteroatoms. The Morgan fingerprint density at radius 2 is 1.75 bits per heavy atom. The minimum atomic E-state index is -0.0967. The van der Waals surface area contributed by atoms with Gasteiger partial charge >= 0.3 is 0 Å².